The van der Waals surface area contributed by atoms with E-state index in [9.17, 15) is 4.79 Å². The van der Waals surface area contributed by atoms with Crippen LogP contribution in [0.15, 0.2) is 45.3 Å². The first-order valence-electron chi connectivity index (χ1n) is 6.06. The number of halogens is 2. The average molecular weight is 428 g/mol. The van der Waals surface area contributed by atoms with Crippen molar-refractivity contribution < 1.29 is 4.79 Å². The molecule has 6 heteroatoms. The number of rotatable bonds is 3. The lowest BCUT2D eigenvalue weighted by atomic mass is 10.1. The quantitative estimate of drug-likeness (QED) is 0.713. The Morgan fingerprint density at radius 1 is 1.19 bits per heavy atom. The highest BCUT2D eigenvalue weighted by atomic mass is 79.9. The van der Waals surface area contributed by atoms with E-state index in [1.807, 2.05) is 19.1 Å². The van der Waals surface area contributed by atoms with Crippen LogP contribution in [0.5, 0.6) is 0 Å². The lowest BCUT2D eigenvalue weighted by molar-refractivity contribution is 0.102. The molecule has 0 atom stereocenters. The topological polar surface area (TPSA) is 55.1 Å². The molecular weight excluding hydrogens is 416 g/mol. The molecule has 0 spiro atoms. The fourth-order valence-corrected chi connectivity index (χ4v) is 2.78. The van der Waals surface area contributed by atoms with E-state index in [1.54, 1.807) is 24.3 Å². The first kappa shape index (κ1) is 16.1. The Morgan fingerprint density at radius 2 is 1.90 bits per heavy atom. The molecule has 2 aromatic rings. The third-order valence-electron chi connectivity index (χ3n) is 3.01. The van der Waals surface area contributed by atoms with E-state index in [4.69, 9.17) is 18.0 Å². The number of carbonyl (C=O) groups excluding carboxylic acids is 1. The Labute approximate surface area is 145 Å². The molecule has 3 N–H and O–H groups in total. The summed E-state index contributed by atoms with van der Waals surface area (Å²) < 4.78 is 1.63. The first-order valence-corrected chi connectivity index (χ1v) is 8.05. The number of amides is 1. The zero-order chi connectivity index (χ0) is 15.6. The predicted molar refractivity (Wildman–Crippen MR) is 96.9 cm³/mol. The Kier molecular flexibility index (Phi) is 5.13. The van der Waals surface area contributed by atoms with Crippen molar-refractivity contribution in [1.82, 2.24) is 0 Å². The number of benzene rings is 2. The molecule has 0 saturated carbocycles. The summed E-state index contributed by atoms with van der Waals surface area (Å²) in [6.07, 6.45) is 0. The van der Waals surface area contributed by atoms with Crippen LogP contribution in [0.25, 0.3) is 0 Å². The highest BCUT2D eigenvalue weighted by Crippen LogP contribution is 2.26. The van der Waals surface area contributed by atoms with E-state index < -0.39 is 0 Å². The van der Waals surface area contributed by atoms with Gasteiger partial charge in [-0.1, -0.05) is 34.2 Å². The van der Waals surface area contributed by atoms with Gasteiger partial charge in [0.1, 0.15) is 4.99 Å². The predicted octanol–water partition coefficient (Wildman–Crippen LogP) is 4.41. The van der Waals surface area contributed by atoms with Crippen molar-refractivity contribution in [3.05, 3.63) is 62.0 Å². The van der Waals surface area contributed by atoms with Crippen molar-refractivity contribution >= 4 is 60.7 Å². The molecule has 0 aromatic heterocycles. The second-order valence-corrected chi connectivity index (χ2v) is 6.57. The summed E-state index contributed by atoms with van der Waals surface area (Å²) in [7, 11) is 0. The number of nitrogens with one attached hydrogen (secondary N) is 1. The van der Waals surface area contributed by atoms with Gasteiger partial charge in [-0.05, 0) is 58.7 Å². The second-order valence-electron chi connectivity index (χ2n) is 4.43. The maximum absolute atomic E-state index is 12.4. The Bertz CT molecular complexity index is 732. The summed E-state index contributed by atoms with van der Waals surface area (Å²) in [5, 5.41) is 2.87. The molecule has 2 aromatic carbocycles. The molecule has 1 amide bonds. The van der Waals surface area contributed by atoms with Crippen LogP contribution in [0.4, 0.5) is 5.69 Å². The zero-order valence-electron chi connectivity index (χ0n) is 11.1. The van der Waals surface area contributed by atoms with E-state index >= 15 is 0 Å². The lowest BCUT2D eigenvalue weighted by Gasteiger charge is -2.11. The maximum Gasteiger partial charge on any atom is 0.255 e. The molecule has 0 bridgehead atoms. The standard InChI is InChI=1S/C15H12Br2N2OS/c1-8-10(3-2-4-11(8)16)15(20)19-13-6-5-9(14(18)21)7-12(13)17/h2-7H,1H3,(H2,18,21)(H,19,20). The van der Waals surface area contributed by atoms with Crippen LogP contribution in [-0.2, 0) is 0 Å². The van der Waals surface area contributed by atoms with Gasteiger partial charge >= 0.3 is 0 Å². The normalized spacial score (nSPS) is 10.2. The minimum Gasteiger partial charge on any atom is -0.389 e. The molecule has 0 heterocycles. The molecule has 0 aliphatic carbocycles. The third kappa shape index (κ3) is 3.70. The van der Waals surface area contributed by atoms with E-state index in [1.165, 1.54) is 0 Å². The van der Waals surface area contributed by atoms with Crippen LogP contribution < -0.4 is 11.1 Å². The summed E-state index contributed by atoms with van der Waals surface area (Å²) >= 11 is 11.8. The summed E-state index contributed by atoms with van der Waals surface area (Å²) in [5.74, 6) is -0.169. The Balaban J connectivity index is 2.28. The van der Waals surface area contributed by atoms with Gasteiger partial charge in [0.25, 0.3) is 5.91 Å². The van der Waals surface area contributed by atoms with E-state index in [0.29, 0.717) is 16.2 Å². The highest BCUT2D eigenvalue weighted by molar-refractivity contribution is 9.11. The second kappa shape index (κ2) is 6.68. The van der Waals surface area contributed by atoms with Crippen LogP contribution in [0.3, 0.4) is 0 Å². The third-order valence-corrected chi connectivity index (χ3v) is 4.76. The average Bonchev–Trinajstić information content (AvgIpc) is 2.43. The number of anilines is 1. The summed E-state index contributed by atoms with van der Waals surface area (Å²) in [4.78, 5) is 12.7. The fourth-order valence-electron chi connectivity index (χ4n) is 1.81. The van der Waals surface area contributed by atoms with E-state index in [-0.39, 0.29) is 5.91 Å². The molecule has 2 rings (SSSR count). The van der Waals surface area contributed by atoms with Crippen LogP contribution in [0, 0.1) is 6.92 Å². The van der Waals surface area contributed by atoms with Gasteiger partial charge in [-0.15, -0.1) is 0 Å². The van der Waals surface area contributed by atoms with Crippen LogP contribution >= 0.6 is 44.1 Å². The van der Waals surface area contributed by atoms with Crippen molar-refractivity contribution in [1.29, 1.82) is 0 Å². The van der Waals surface area contributed by atoms with Crippen molar-refractivity contribution in [2.75, 3.05) is 5.32 Å². The molecule has 0 fully saturated rings. The van der Waals surface area contributed by atoms with Gasteiger partial charge in [-0.25, -0.2) is 0 Å². The van der Waals surface area contributed by atoms with Crippen LogP contribution in [0.1, 0.15) is 21.5 Å². The van der Waals surface area contributed by atoms with E-state index in [2.05, 4.69) is 37.2 Å². The molecule has 0 unspecified atom stereocenters. The summed E-state index contributed by atoms with van der Waals surface area (Å²) in [6, 6.07) is 10.8. The van der Waals surface area contributed by atoms with Gasteiger partial charge in [0.15, 0.2) is 0 Å². The minimum atomic E-state index is -0.169. The van der Waals surface area contributed by atoms with Gasteiger partial charge in [0.05, 0.1) is 5.69 Å². The van der Waals surface area contributed by atoms with Crippen LogP contribution in [0.2, 0.25) is 0 Å². The molecule has 0 aliphatic rings. The van der Waals surface area contributed by atoms with Crippen molar-refractivity contribution in [3.63, 3.8) is 0 Å². The number of thiocarbonyl (C=S) groups is 1. The fraction of sp³-hybridized carbons (Fsp3) is 0.0667. The number of hydrogen-bond acceptors (Lipinski definition) is 2. The van der Waals surface area contributed by atoms with Gasteiger partial charge in [0, 0.05) is 20.1 Å². The molecular formula is C15H12Br2N2OS. The summed E-state index contributed by atoms with van der Waals surface area (Å²) in [5.41, 5.74) is 8.50. The smallest absolute Gasteiger partial charge is 0.255 e. The molecule has 0 radical (unpaired) electrons. The first-order chi connectivity index (χ1) is 9.90. The van der Waals surface area contributed by atoms with Crippen molar-refractivity contribution in [2.24, 2.45) is 5.73 Å². The van der Waals surface area contributed by atoms with Gasteiger partial charge in [0.2, 0.25) is 0 Å². The lowest BCUT2D eigenvalue weighted by Crippen LogP contribution is -2.15. The molecule has 0 saturated heterocycles. The van der Waals surface area contributed by atoms with Gasteiger partial charge < -0.3 is 11.1 Å². The number of nitrogens with two attached hydrogens (primary N) is 1. The van der Waals surface area contributed by atoms with E-state index in [0.717, 1.165) is 20.1 Å². The van der Waals surface area contributed by atoms with Gasteiger partial charge in [-0.2, -0.15) is 0 Å². The Morgan fingerprint density at radius 3 is 2.52 bits per heavy atom. The Hall–Kier alpha value is -1.24. The summed E-state index contributed by atoms with van der Waals surface area (Å²) in [6.45, 7) is 1.89. The monoisotopic (exact) mass is 426 g/mol. The van der Waals surface area contributed by atoms with Crippen LogP contribution in [-0.4, -0.2) is 10.9 Å². The SMILES string of the molecule is Cc1c(Br)cccc1C(=O)Nc1ccc(C(N)=S)cc1Br. The minimum absolute atomic E-state index is 0.169. The molecule has 0 aliphatic heterocycles. The molecule has 108 valence electrons. The number of carbonyl (C=O) groups is 1. The largest absolute Gasteiger partial charge is 0.389 e. The van der Waals surface area contributed by atoms with Gasteiger partial charge in [-0.3, -0.25) is 4.79 Å². The molecule has 21 heavy (non-hydrogen) atoms. The maximum atomic E-state index is 12.4. The molecule has 3 nitrogen and oxygen atoms in total. The van der Waals surface area contributed by atoms with Crippen molar-refractivity contribution in [3.8, 4) is 0 Å². The number of hydrogen-bond donors (Lipinski definition) is 2. The van der Waals surface area contributed by atoms with Crippen molar-refractivity contribution in [2.45, 2.75) is 6.92 Å². The zero-order valence-corrected chi connectivity index (χ0v) is 15.1. The highest BCUT2D eigenvalue weighted by Gasteiger charge is 2.12.